The summed E-state index contributed by atoms with van der Waals surface area (Å²) in [5.74, 6) is -0.805. The van der Waals surface area contributed by atoms with Gasteiger partial charge in [-0.25, -0.2) is 4.39 Å². The van der Waals surface area contributed by atoms with Gasteiger partial charge in [0.2, 0.25) is 5.56 Å². The number of fused-ring (bicyclic) bond motifs is 1. The molecule has 7 rings (SSSR count). The number of carbonyl (C=O) groups is 1. The summed E-state index contributed by atoms with van der Waals surface area (Å²) >= 11 is 0. The molecule has 0 saturated carbocycles. The lowest BCUT2D eigenvalue weighted by Gasteiger charge is -2.36. The van der Waals surface area contributed by atoms with Gasteiger partial charge in [0.25, 0.3) is 5.91 Å². The molecular weight excluding hydrogens is 735 g/mol. The standard InChI is InChI=1S/C39H38F7N5O4/c1-21-2-9-32(51(21)25-7-8-30-27(18-25)29(38(41,42)43)19-33(52)49-30)36(39(44,45)46)55-15-14-54-13-12-47-20-22-3-5-23(6-4-22)35-26-10-11-48-37(53)28-16-24(40)17-31(50-35)34(26)28/h3-8,16-19,21,32,36,47,50H,2,9-15,20H2,1H3,(H,48,53)(H,49,52)/t21-,32?,36?/m0/s1. The molecule has 16 heteroatoms. The van der Waals surface area contributed by atoms with Crippen LogP contribution in [0.25, 0.3) is 33.1 Å². The minimum atomic E-state index is -4.84. The summed E-state index contributed by atoms with van der Waals surface area (Å²) in [5, 5.41) is 6.45. The van der Waals surface area contributed by atoms with Crippen LogP contribution in [0.5, 0.6) is 0 Å². The molecule has 292 valence electrons. The predicted octanol–water partition coefficient (Wildman–Crippen LogP) is 7.23. The molecule has 3 aromatic carbocycles. The van der Waals surface area contributed by atoms with E-state index in [1.54, 1.807) is 6.92 Å². The number of rotatable bonds is 12. The number of benzene rings is 3. The van der Waals surface area contributed by atoms with Crippen molar-refractivity contribution >= 4 is 33.4 Å². The summed E-state index contributed by atoms with van der Waals surface area (Å²) < 4.78 is 110. The van der Waals surface area contributed by atoms with E-state index in [9.17, 15) is 40.3 Å². The predicted molar refractivity (Wildman–Crippen MR) is 193 cm³/mol. The third kappa shape index (κ3) is 8.07. The Morgan fingerprint density at radius 1 is 0.909 bits per heavy atom. The number of ether oxygens (including phenoxy) is 2. The lowest BCUT2D eigenvalue weighted by Crippen LogP contribution is -2.50. The van der Waals surface area contributed by atoms with E-state index in [0.29, 0.717) is 49.6 Å². The van der Waals surface area contributed by atoms with Crippen LogP contribution in [0.3, 0.4) is 0 Å². The fourth-order valence-corrected chi connectivity index (χ4v) is 7.76. The summed E-state index contributed by atoms with van der Waals surface area (Å²) in [6.07, 6.45) is -10.8. The smallest absolute Gasteiger partial charge is 0.378 e. The molecule has 5 aromatic rings. The molecule has 0 radical (unpaired) electrons. The highest BCUT2D eigenvalue weighted by Crippen LogP contribution is 2.41. The van der Waals surface area contributed by atoms with E-state index in [2.05, 4.69) is 20.6 Å². The molecular formula is C39H38F7N5O4. The van der Waals surface area contributed by atoms with Crippen LogP contribution in [-0.2, 0) is 28.6 Å². The van der Waals surface area contributed by atoms with Crippen molar-refractivity contribution in [2.24, 2.45) is 0 Å². The van der Waals surface area contributed by atoms with Crippen LogP contribution < -0.4 is 21.1 Å². The zero-order valence-electron chi connectivity index (χ0n) is 29.6. The Bertz CT molecular complexity index is 2250. The minimum Gasteiger partial charge on any atom is -0.378 e. The molecule has 0 bridgehead atoms. The van der Waals surface area contributed by atoms with Gasteiger partial charge in [-0.05, 0) is 73.2 Å². The van der Waals surface area contributed by atoms with E-state index in [1.165, 1.54) is 35.2 Å². The fraction of sp³-hybridized carbons (Fsp3) is 0.385. The van der Waals surface area contributed by atoms with Crippen LogP contribution >= 0.6 is 0 Å². The van der Waals surface area contributed by atoms with Crippen molar-refractivity contribution < 1.29 is 45.0 Å². The van der Waals surface area contributed by atoms with Crippen molar-refractivity contribution in [2.45, 2.75) is 63.3 Å². The Balaban J connectivity index is 0.916. The van der Waals surface area contributed by atoms with Crippen molar-refractivity contribution in [2.75, 3.05) is 37.8 Å². The number of nitrogens with zero attached hydrogens (tertiary/aromatic N) is 1. The number of aromatic amines is 2. The van der Waals surface area contributed by atoms with Crippen LogP contribution in [-0.4, -0.2) is 73.1 Å². The number of carbonyl (C=O) groups excluding carboxylic acids is 1. The van der Waals surface area contributed by atoms with Gasteiger partial charge in [0.1, 0.15) is 5.82 Å². The molecule has 9 nitrogen and oxygen atoms in total. The first-order valence-electron chi connectivity index (χ1n) is 17.9. The number of alkyl halides is 6. The van der Waals surface area contributed by atoms with Crippen LogP contribution in [0.2, 0.25) is 0 Å². The number of nitrogens with one attached hydrogen (secondary N) is 4. The Kier molecular flexibility index (Phi) is 10.7. The van der Waals surface area contributed by atoms with Crippen molar-refractivity contribution in [1.29, 1.82) is 0 Å². The SMILES string of the molecule is C[C@H]1CCC(C(OCCOCCNCc2ccc(-c3[nH]c4cc(F)cc5c4c3CCNC5=O)cc2)C(F)(F)F)N1c1ccc2[nH]c(=O)cc(C(F)(F)F)c2c1. The number of amides is 1. The Morgan fingerprint density at radius 3 is 2.44 bits per heavy atom. The Labute approximate surface area is 310 Å². The maximum Gasteiger partial charge on any atom is 0.417 e. The molecule has 55 heavy (non-hydrogen) atoms. The van der Waals surface area contributed by atoms with Crippen molar-refractivity contribution in [3.8, 4) is 11.3 Å². The molecule has 3 atom stereocenters. The summed E-state index contributed by atoms with van der Waals surface area (Å²) in [6.45, 7) is 2.79. The van der Waals surface area contributed by atoms with Gasteiger partial charge in [0.05, 0.1) is 37.0 Å². The van der Waals surface area contributed by atoms with Gasteiger partial charge in [-0.15, -0.1) is 0 Å². The molecule has 4 heterocycles. The van der Waals surface area contributed by atoms with E-state index in [0.717, 1.165) is 27.8 Å². The first kappa shape index (κ1) is 38.3. The Hall–Kier alpha value is -4.93. The minimum absolute atomic E-state index is 0.0716. The molecule has 2 aliphatic rings. The average molecular weight is 774 g/mol. The van der Waals surface area contributed by atoms with Crippen molar-refractivity contribution in [3.63, 3.8) is 0 Å². The van der Waals surface area contributed by atoms with E-state index < -0.39 is 47.5 Å². The second kappa shape index (κ2) is 15.3. The second-order valence-electron chi connectivity index (χ2n) is 13.9. The van der Waals surface area contributed by atoms with Gasteiger partial charge >= 0.3 is 12.4 Å². The number of halogens is 7. The highest BCUT2D eigenvalue weighted by Gasteiger charge is 2.50. The van der Waals surface area contributed by atoms with Crippen molar-refractivity contribution in [3.05, 3.63) is 99.1 Å². The van der Waals surface area contributed by atoms with Gasteiger partial charge in [-0.1, -0.05) is 24.3 Å². The zero-order valence-corrected chi connectivity index (χ0v) is 29.6. The highest BCUT2D eigenvalue weighted by molar-refractivity contribution is 6.10. The summed E-state index contributed by atoms with van der Waals surface area (Å²) in [5.41, 5.74) is 2.48. The van der Waals surface area contributed by atoms with Gasteiger partial charge in [-0.2, -0.15) is 26.3 Å². The number of hydrogen-bond acceptors (Lipinski definition) is 6. The van der Waals surface area contributed by atoms with Gasteiger partial charge in [-0.3, -0.25) is 9.59 Å². The van der Waals surface area contributed by atoms with Gasteiger partial charge in [0, 0.05) is 64.9 Å². The van der Waals surface area contributed by atoms with Crippen LogP contribution in [0.4, 0.5) is 36.4 Å². The fourth-order valence-electron chi connectivity index (χ4n) is 7.76. The third-order valence-electron chi connectivity index (χ3n) is 10.2. The molecule has 1 fully saturated rings. The first-order valence-corrected chi connectivity index (χ1v) is 17.9. The molecule has 0 spiro atoms. The van der Waals surface area contributed by atoms with E-state index in [1.807, 2.05) is 24.3 Å². The van der Waals surface area contributed by atoms with E-state index in [4.69, 9.17) is 9.47 Å². The summed E-state index contributed by atoms with van der Waals surface area (Å²) in [4.78, 5) is 31.4. The Morgan fingerprint density at radius 2 is 1.69 bits per heavy atom. The number of aromatic nitrogens is 2. The maximum absolute atomic E-state index is 14.4. The second-order valence-corrected chi connectivity index (χ2v) is 13.9. The molecule has 2 aliphatic heterocycles. The lowest BCUT2D eigenvalue weighted by atomic mass is 9.99. The molecule has 2 aromatic heterocycles. The number of H-pyrrole nitrogens is 2. The molecule has 4 N–H and O–H groups in total. The van der Waals surface area contributed by atoms with Crippen LogP contribution in [0.15, 0.2) is 65.5 Å². The topological polar surface area (TPSA) is 111 Å². The maximum atomic E-state index is 14.4. The monoisotopic (exact) mass is 773 g/mol. The zero-order chi connectivity index (χ0) is 39.1. The first-order chi connectivity index (χ1) is 26.2. The molecule has 0 aliphatic carbocycles. The highest BCUT2D eigenvalue weighted by atomic mass is 19.4. The molecule has 1 amide bonds. The average Bonchev–Trinajstić information content (AvgIpc) is 3.63. The number of hydrogen-bond donors (Lipinski definition) is 4. The van der Waals surface area contributed by atoms with Gasteiger partial charge < -0.3 is 35.0 Å². The van der Waals surface area contributed by atoms with Crippen LogP contribution in [0.1, 0.15) is 46.8 Å². The lowest BCUT2D eigenvalue weighted by molar-refractivity contribution is -0.228. The normalized spacial score (nSPS) is 18.3. The summed E-state index contributed by atoms with van der Waals surface area (Å²) in [7, 11) is 0. The van der Waals surface area contributed by atoms with E-state index >= 15 is 0 Å². The van der Waals surface area contributed by atoms with Crippen molar-refractivity contribution in [1.82, 2.24) is 20.6 Å². The molecule has 2 unspecified atom stereocenters. The number of anilines is 1. The van der Waals surface area contributed by atoms with E-state index in [-0.39, 0.29) is 48.7 Å². The van der Waals surface area contributed by atoms with Crippen LogP contribution in [0, 0.1) is 5.82 Å². The number of pyridine rings is 1. The van der Waals surface area contributed by atoms with Gasteiger partial charge in [0.15, 0.2) is 6.10 Å². The summed E-state index contributed by atoms with van der Waals surface area (Å²) in [6, 6.07) is 13.1. The largest absolute Gasteiger partial charge is 0.417 e. The third-order valence-corrected chi connectivity index (χ3v) is 10.2. The molecule has 1 saturated heterocycles. The quantitative estimate of drug-likeness (QED) is 0.0787.